The average molecular weight is 166 g/mol. The fourth-order valence-electron chi connectivity index (χ4n) is 1.42. The Morgan fingerprint density at radius 2 is 2.36 bits per heavy atom. The van der Waals surface area contributed by atoms with E-state index in [1.807, 2.05) is 17.8 Å². The first-order valence-corrected chi connectivity index (χ1v) is 4.63. The summed E-state index contributed by atoms with van der Waals surface area (Å²) in [4.78, 5) is 1.25. The van der Waals surface area contributed by atoms with Crippen molar-refractivity contribution in [2.75, 3.05) is 0 Å². The molecule has 2 rings (SSSR count). The smallest absolute Gasteiger partial charge is 0.119 e. The second kappa shape index (κ2) is 2.45. The lowest BCUT2D eigenvalue weighted by atomic mass is 10.1. The zero-order valence-corrected chi connectivity index (χ0v) is 7.19. The van der Waals surface area contributed by atoms with E-state index in [1.165, 1.54) is 4.90 Å². The molecule has 1 aromatic rings. The van der Waals surface area contributed by atoms with Crippen molar-refractivity contribution in [3.05, 3.63) is 23.8 Å². The molecule has 0 amide bonds. The van der Waals surface area contributed by atoms with E-state index in [1.54, 1.807) is 6.07 Å². The van der Waals surface area contributed by atoms with Crippen LogP contribution in [0.5, 0.6) is 5.75 Å². The monoisotopic (exact) mass is 166 g/mol. The molecule has 0 aliphatic carbocycles. The van der Waals surface area contributed by atoms with Crippen LogP contribution in [0.2, 0.25) is 0 Å². The first kappa shape index (κ1) is 7.04. The number of hydrogen-bond donors (Lipinski definition) is 1. The van der Waals surface area contributed by atoms with E-state index in [0.717, 1.165) is 12.0 Å². The maximum absolute atomic E-state index is 9.44. The molecule has 0 radical (unpaired) electrons. The van der Waals surface area contributed by atoms with Crippen molar-refractivity contribution in [3.8, 4) is 5.75 Å². The van der Waals surface area contributed by atoms with Crippen LogP contribution in [0.4, 0.5) is 0 Å². The molecule has 1 unspecified atom stereocenters. The summed E-state index contributed by atoms with van der Waals surface area (Å²) >= 11 is 1.85. The topological polar surface area (TPSA) is 20.2 Å². The van der Waals surface area contributed by atoms with Gasteiger partial charge in [0.25, 0.3) is 0 Å². The molecule has 0 aromatic heterocycles. The zero-order chi connectivity index (χ0) is 7.84. The van der Waals surface area contributed by atoms with Gasteiger partial charge < -0.3 is 5.11 Å². The Morgan fingerprint density at radius 1 is 1.55 bits per heavy atom. The first-order valence-electron chi connectivity index (χ1n) is 3.75. The number of thioether (sulfide) groups is 1. The van der Waals surface area contributed by atoms with Crippen LogP contribution in [0, 0.1) is 0 Å². The number of hydrogen-bond acceptors (Lipinski definition) is 2. The molecule has 1 nitrogen and oxygen atoms in total. The van der Waals surface area contributed by atoms with Crippen molar-refractivity contribution < 1.29 is 5.11 Å². The fraction of sp³-hybridized carbons (Fsp3) is 0.333. The highest BCUT2D eigenvalue weighted by Gasteiger charge is 2.20. The van der Waals surface area contributed by atoms with Crippen LogP contribution in [-0.2, 0) is 6.42 Å². The predicted octanol–water partition coefficient (Wildman–Crippen LogP) is 2.43. The minimum absolute atomic E-state index is 0.458. The minimum Gasteiger partial charge on any atom is -0.508 e. The highest BCUT2D eigenvalue weighted by Crippen LogP contribution is 2.40. The van der Waals surface area contributed by atoms with Gasteiger partial charge in [0, 0.05) is 15.7 Å². The van der Waals surface area contributed by atoms with Gasteiger partial charge in [-0.15, -0.1) is 11.8 Å². The van der Waals surface area contributed by atoms with Crippen LogP contribution >= 0.6 is 11.8 Å². The Morgan fingerprint density at radius 3 is 3.09 bits per heavy atom. The molecule has 58 valence electrons. The Bertz CT molecular complexity index is 283. The summed E-state index contributed by atoms with van der Waals surface area (Å²) in [6.45, 7) is 2.18. The maximum atomic E-state index is 9.44. The van der Waals surface area contributed by atoms with Crippen molar-refractivity contribution in [2.24, 2.45) is 0 Å². The fourth-order valence-corrected chi connectivity index (χ4v) is 2.59. The lowest BCUT2D eigenvalue weighted by Gasteiger charge is -1.98. The minimum atomic E-state index is 0.458. The number of phenols is 1. The molecule has 1 aliphatic heterocycles. The molecule has 11 heavy (non-hydrogen) atoms. The molecular formula is C9H10OS. The van der Waals surface area contributed by atoms with Crippen LogP contribution in [-0.4, -0.2) is 10.4 Å². The molecular weight excluding hydrogens is 156 g/mol. The molecule has 1 N–H and O–H groups in total. The lowest BCUT2D eigenvalue weighted by Crippen LogP contribution is -1.91. The van der Waals surface area contributed by atoms with E-state index in [-0.39, 0.29) is 0 Å². The maximum Gasteiger partial charge on any atom is 0.119 e. The van der Waals surface area contributed by atoms with Gasteiger partial charge in [-0.2, -0.15) is 0 Å². The Balaban J connectivity index is 2.49. The third kappa shape index (κ3) is 1.11. The average Bonchev–Trinajstić information content (AvgIpc) is 2.31. The number of fused-ring (bicyclic) bond motifs is 1. The van der Waals surface area contributed by atoms with Gasteiger partial charge in [-0.05, 0) is 18.6 Å². The van der Waals surface area contributed by atoms with Crippen molar-refractivity contribution >= 4 is 11.8 Å². The van der Waals surface area contributed by atoms with E-state index in [4.69, 9.17) is 0 Å². The van der Waals surface area contributed by atoms with E-state index in [0.29, 0.717) is 11.0 Å². The molecule has 1 atom stereocenters. The van der Waals surface area contributed by atoms with Crippen LogP contribution in [0.15, 0.2) is 23.1 Å². The summed E-state index contributed by atoms with van der Waals surface area (Å²) in [5, 5.41) is 10.1. The van der Waals surface area contributed by atoms with Crippen molar-refractivity contribution in [1.82, 2.24) is 0 Å². The summed E-state index contributed by atoms with van der Waals surface area (Å²) in [5.74, 6) is 0.458. The largest absolute Gasteiger partial charge is 0.508 e. The molecule has 1 heterocycles. The second-order valence-corrected chi connectivity index (χ2v) is 4.37. The van der Waals surface area contributed by atoms with Gasteiger partial charge in [0.05, 0.1) is 0 Å². The lowest BCUT2D eigenvalue weighted by molar-refractivity contribution is 0.466. The van der Waals surface area contributed by atoms with Gasteiger partial charge in [-0.3, -0.25) is 0 Å². The normalized spacial score (nSPS) is 21.7. The molecule has 0 saturated heterocycles. The Kier molecular flexibility index (Phi) is 1.57. The molecule has 0 fully saturated rings. The second-order valence-electron chi connectivity index (χ2n) is 2.89. The van der Waals surface area contributed by atoms with Crippen LogP contribution in [0.3, 0.4) is 0 Å². The van der Waals surface area contributed by atoms with E-state index in [9.17, 15) is 5.11 Å². The summed E-state index contributed by atoms with van der Waals surface area (Å²) in [6.07, 6.45) is 1.01. The van der Waals surface area contributed by atoms with Crippen LogP contribution < -0.4 is 0 Å². The summed E-state index contributed by atoms with van der Waals surface area (Å²) < 4.78 is 0. The van der Waals surface area contributed by atoms with E-state index in [2.05, 4.69) is 13.0 Å². The number of rotatable bonds is 0. The number of aromatic hydroxyl groups is 1. The van der Waals surface area contributed by atoms with Gasteiger partial charge in [0.15, 0.2) is 0 Å². The van der Waals surface area contributed by atoms with Crippen molar-refractivity contribution in [1.29, 1.82) is 0 Å². The summed E-state index contributed by atoms with van der Waals surface area (Å²) in [7, 11) is 0. The Hall–Kier alpha value is -0.630. The molecule has 0 bridgehead atoms. The Labute approximate surface area is 70.4 Å². The quantitative estimate of drug-likeness (QED) is 0.638. The van der Waals surface area contributed by atoms with Crippen LogP contribution in [0.1, 0.15) is 12.5 Å². The molecule has 2 heteroatoms. The van der Waals surface area contributed by atoms with Crippen molar-refractivity contribution in [3.63, 3.8) is 0 Å². The van der Waals surface area contributed by atoms with Crippen molar-refractivity contribution in [2.45, 2.75) is 23.5 Å². The third-order valence-corrected chi connectivity index (χ3v) is 3.13. The molecule has 1 aliphatic rings. The van der Waals surface area contributed by atoms with E-state index < -0.39 is 0 Å². The number of phenolic OH excluding ortho intramolecular Hbond substituents is 1. The zero-order valence-electron chi connectivity index (χ0n) is 6.37. The van der Waals surface area contributed by atoms with Gasteiger partial charge in [-0.1, -0.05) is 13.0 Å². The SMILES string of the molecule is CC1Cc2c(O)cccc2S1. The van der Waals surface area contributed by atoms with E-state index >= 15 is 0 Å². The third-order valence-electron chi connectivity index (χ3n) is 1.93. The predicted molar refractivity (Wildman–Crippen MR) is 47.1 cm³/mol. The standard InChI is InChI=1S/C9H10OS/c1-6-5-7-8(10)3-2-4-9(7)11-6/h2-4,6,10H,5H2,1H3. The highest BCUT2D eigenvalue weighted by molar-refractivity contribution is 8.00. The van der Waals surface area contributed by atoms with Gasteiger partial charge in [0.1, 0.15) is 5.75 Å². The summed E-state index contributed by atoms with van der Waals surface area (Å²) in [6, 6.07) is 5.74. The number of benzene rings is 1. The molecule has 0 spiro atoms. The molecule has 0 saturated carbocycles. The van der Waals surface area contributed by atoms with Gasteiger partial charge in [0.2, 0.25) is 0 Å². The van der Waals surface area contributed by atoms with Gasteiger partial charge in [-0.25, -0.2) is 0 Å². The van der Waals surface area contributed by atoms with Crippen LogP contribution in [0.25, 0.3) is 0 Å². The first-order chi connectivity index (χ1) is 5.27. The van der Waals surface area contributed by atoms with Gasteiger partial charge >= 0.3 is 0 Å². The molecule has 1 aromatic carbocycles. The highest BCUT2D eigenvalue weighted by atomic mass is 32.2. The summed E-state index contributed by atoms with van der Waals surface area (Å²) in [5.41, 5.74) is 1.13.